The number of hydrogen-bond acceptors (Lipinski definition) is 4. The van der Waals surface area contributed by atoms with E-state index in [4.69, 9.17) is 15.2 Å². The summed E-state index contributed by atoms with van der Waals surface area (Å²) < 4.78 is 5.53. The summed E-state index contributed by atoms with van der Waals surface area (Å²) in [4.78, 5) is 4.70. The van der Waals surface area contributed by atoms with Crippen LogP contribution in [0.5, 0.6) is 0 Å². The fourth-order valence-corrected chi connectivity index (χ4v) is 4.08. The highest BCUT2D eigenvalue weighted by molar-refractivity contribution is 5.05. The zero-order valence-electron chi connectivity index (χ0n) is 13.6. The Morgan fingerprint density at radius 3 is 2.33 bits per heavy atom. The van der Waals surface area contributed by atoms with Crippen molar-refractivity contribution in [2.24, 2.45) is 17.1 Å². The molecule has 2 unspecified atom stereocenters. The van der Waals surface area contributed by atoms with Crippen molar-refractivity contribution in [3.05, 3.63) is 11.7 Å². The maximum atomic E-state index is 6.14. The monoisotopic (exact) mass is 291 g/mol. The first-order valence-corrected chi connectivity index (χ1v) is 8.54. The third-order valence-corrected chi connectivity index (χ3v) is 5.66. The zero-order valence-corrected chi connectivity index (χ0v) is 13.6. The minimum atomic E-state index is 0.204. The van der Waals surface area contributed by atoms with Gasteiger partial charge >= 0.3 is 0 Å². The molecule has 4 nitrogen and oxygen atoms in total. The summed E-state index contributed by atoms with van der Waals surface area (Å²) in [6.07, 6.45) is 8.30. The lowest BCUT2D eigenvalue weighted by atomic mass is 9.70. The smallest absolute Gasteiger partial charge is 0.231 e. The molecule has 0 aliphatic heterocycles. The molecule has 2 aliphatic carbocycles. The highest BCUT2D eigenvalue weighted by Gasteiger charge is 2.34. The van der Waals surface area contributed by atoms with Crippen molar-refractivity contribution < 1.29 is 4.52 Å². The molecular weight excluding hydrogens is 262 g/mol. The molecule has 2 atom stereocenters. The molecule has 1 aromatic heterocycles. The fourth-order valence-electron chi connectivity index (χ4n) is 4.08. The quantitative estimate of drug-likeness (QED) is 0.895. The van der Waals surface area contributed by atoms with Crippen LogP contribution in [0.15, 0.2) is 4.52 Å². The van der Waals surface area contributed by atoms with Crippen LogP contribution in [0.4, 0.5) is 0 Å². The Bertz CT molecular complexity index is 469. The SMILES string of the molecule is CC(C)(C)C1CCC(c2noc(C3CCCC3N)n2)CC1. The van der Waals surface area contributed by atoms with Crippen LogP contribution >= 0.6 is 0 Å². The Hall–Kier alpha value is -0.900. The van der Waals surface area contributed by atoms with Gasteiger partial charge in [-0.1, -0.05) is 32.3 Å². The van der Waals surface area contributed by atoms with E-state index < -0.39 is 0 Å². The second-order valence-electron chi connectivity index (χ2n) is 8.11. The molecule has 1 heterocycles. The molecule has 2 aliphatic rings. The van der Waals surface area contributed by atoms with E-state index in [-0.39, 0.29) is 12.0 Å². The molecule has 0 bridgehead atoms. The van der Waals surface area contributed by atoms with E-state index in [0.29, 0.717) is 11.3 Å². The topological polar surface area (TPSA) is 64.9 Å². The highest BCUT2D eigenvalue weighted by atomic mass is 16.5. The number of rotatable bonds is 2. The van der Waals surface area contributed by atoms with Crippen LogP contribution in [-0.4, -0.2) is 16.2 Å². The molecule has 0 spiro atoms. The molecule has 0 amide bonds. The van der Waals surface area contributed by atoms with E-state index in [1.165, 1.54) is 32.1 Å². The lowest BCUT2D eigenvalue weighted by Gasteiger charge is -2.36. The van der Waals surface area contributed by atoms with Crippen LogP contribution in [0.2, 0.25) is 0 Å². The van der Waals surface area contributed by atoms with Gasteiger partial charge in [0, 0.05) is 12.0 Å². The molecule has 4 heteroatoms. The normalized spacial score (nSPS) is 34.3. The molecule has 21 heavy (non-hydrogen) atoms. The van der Waals surface area contributed by atoms with E-state index in [1.54, 1.807) is 0 Å². The lowest BCUT2D eigenvalue weighted by Crippen LogP contribution is -2.25. The second-order valence-corrected chi connectivity index (χ2v) is 8.11. The molecule has 0 radical (unpaired) electrons. The summed E-state index contributed by atoms with van der Waals surface area (Å²) >= 11 is 0. The average molecular weight is 291 g/mol. The van der Waals surface area contributed by atoms with Gasteiger partial charge in [-0.25, -0.2) is 0 Å². The molecule has 1 aromatic rings. The van der Waals surface area contributed by atoms with Crippen LogP contribution in [0.1, 0.15) is 89.3 Å². The summed E-state index contributed by atoms with van der Waals surface area (Å²) in [5, 5.41) is 4.26. The van der Waals surface area contributed by atoms with Gasteiger partial charge in [-0.2, -0.15) is 4.98 Å². The van der Waals surface area contributed by atoms with Crippen molar-refractivity contribution in [3.8, 4) is 0 Å². The minimum Gasteiger partial charge on any atom is -0.339 e. The Balaban J connectivity index is 1.63. The van der Waals surface area contributed by atoms with Crippen molar-refractivity contribution in [3.63, 3.8) is 0 Å². The van der Waals surface area contributed by atoms with Crippen LogP contribution in [0.25, 0.3) is 0 Å². The summed E-state index contributed by atoms with van der Waals surface area (Å²) in [7, 11) is 0. The minimum absolute atomic E-state index is 0.204. The van der Waals surface area contributed by atoms with Crippen LogP contribution in [0.3, 0.4) is 0 Å². The van der Waals surface area contributed by atoms with Gasteiger partial charge in [0.25, 0.3) is 0 Å². The van der Waals surface area contributed by atoms with Crippen molar-refractivity contribution in [2.45, 2.75) is 83.6 Å². The standard InChI is InChI=1S/C17H29N3O/c1-17(2,3)12-9-7-11(8-10-12)15-19-16(21-20-15)13-5-4-6-14(13)18/h11-14H,4-10,18H2,1-3H3. The van der Waals surface area contributed by atoms with Crippen molar-refractivity contribution >= 4 is 0 Å². The molecule has 2 N–H and O–H groups in total. The maximum Gasteiger partial charge on any atom is 0.231 e. The Morgan fingerprint density at radius 2 is 1.76 bits per heavy atom. The summed E-state index contributed by atoms with van der Waals surface area (Å²) in [5.74, 6) is 3.31. The van der Waals surface area contributed by atoms with E-state index in [1.807, 2.05) is 0 Å². The predicted molar refractivity (Wildman–Crippen MR) is 83.0 cm³/mol. The first kappa shape index (κ1) is 15.0. The lowest BCUT2D eigenvalue weighted by molar-refractivity contribution is 0.166. The van der Waals surface area contributed by atoms with E-state index in [0.717, 1.165) is 30.5 Å². The second kappa shape index (κ2) is 5.71. The van der Waals surface area contributed by atoms with Gasteiger partial charge in [-0.15, -0.1) is 0 Å². The van der Waals surface area contributed by atoms with Crippen LogP contribution < -0.4 is 5.73 Å². The van der Waals surface area contributed by atoms with Crippen molar-refractivity contribution in [1.82, 2.24) is 10.1 Å². The molecule has 0 saturated heterocycles. The first-order chi connectivity index (χ1) is 9.95. The molecular formula is C17H29N3O. The van der Waals surface area contributed by atoms with Gasteiger partial charge in [0.2, 0.25) is 5.89 Å². The highest BCUT2D eigenvalue weighted by Crippen LogP contribution is 2.43. The van der Waals surface area contributed by atoms with Gasteiger partial charge in [-0.3, -0.25) is 0 Å². The predicted octanol–water partition coefficient (Wildman–Crippen LogP) is 3.98. The Morgan fingerprint density at radius 1 is 1.05 bits per heavy atom. The zero-order chi connectivity index (χ0) is 15.0. The molecule has 0 aromatic carbocycles. The number of nitrogens with two attached hydrogens (primary N) is 1. The summed E-state index contributed by atoms with van der Waals surface area (Å²) in [6.45, 7) is 7.06. The van der Waals surface area contributed by atoms with E-state index >= 15 is 0 Å². The average Bonchev–Trinajstić information content (AvgIpc) is 3.06. The third kappa shape index (κ3) is 3.15. The number of hydrogen-bond donors (Lipinski definition) is 1. The van der Waals surface area contributed by atoms with E-state index in [2.05, 4.69) is 25.9 Å². The molecule has 2 fully saturated rings. The van der Waals surface area contributed by atoms with Crippen molar-refractivity contribution in [2.75, 3.05) is 0 Å². The number of aromatic nitrogens is 2. The third-order valence-electron chi connectivity index (χ3n) is 5.66. The largest absolute Gasteiger partial charge is 0.339 e. The Kier molecular flexibility index (Phi) is 4.08. The van der Waals surface area contributed by atoms with E-state index in [9.17, 15) is 0 Å². The number of nitrogens with zero attached hydrogens (tertiary/aromatic N) is 2. The molecule has 2 saturated carbocycles. The van der Waals surface area contributed by atoms with Crippen molar-refractivity contribution in [1.29, 1.82) is 0 Å². The van der Waals surface area contributed by atoms with Gasteiger partial charge in [0.1, 0.15) is 0 Å². The summed E-state index contributed by atoms with van der Waals surface area (Å²) in [5.41, 5.74) is 6.56. The van der Waals surface area contributed by atoms with Crippen LogP contribution in [-0.2, 0) is 0 Å². The Labute approximate surface area is 127 Å². The maximum absolute atomic E-state index is 6.14. The molecule has 118 valence electrons. The van der Waals surface area contributed by atoms with Gasteiger partial charge < -0.3 is 10.3 Å². The van der Waals surface area contributed by atoms with Crippen LogP contribution in [0, 0.1) is 11.3 Å². The van der Waals surface area contributed by atoms with Gasteiger partial charge in [-0.05, 0) is 49.9 Å². The fraction of sp³-hybridized carbons (Fsp3) is 0.882. The van der Waals surface area contributed by atoms with Gasteiger partial charge in [0.05, 0.1) is 5.92 Å². The summed E-state index contributed by atoms with van der Waals surface area (Å²) in [6, 6.07) is 0.204. The molecule has 3 rings (SSSR count). The first-order valence-electron chi connectivity index (χ1n) is 8.54. The van der Waals surface area contributed by atoms with Gasteiger partial charge in [0.15, 0.2) is 5.82 Å².